The first-order chi connectivity index (χ1) is 15.2. The molecule has 2 aliphatic heterocycles. The molecule has 2 aromatic heterocycles. The Morgan fingerprint density at radius 2 is 2.23 bits per heavy atom. The summed E-state index contributed by atoms with van der Waals surface area (Å²) in [5, 5.41) is 14.1. The first kappa shape index (κ1) is 20.3. The van der Waals surface area contributed by atoms with Crippen molar-refractivity contribution >= 4 is 34.7 Å². The maximum Gasteiger partial charge on any atom is 0.237 e. The number of nitrogens with one attached hydrogen (secondary N) is 1. The second-order valence-corrected chi connectivity index (χ2v) is 9.60. The van der Waals surface area contributed by atoms with E-state index >= 15 is 0 Å². The molecule has 2 atom stereocenters. The average Bonchev–Trinajstić information content (AvgIpc) is 3.56. The van der Waals surface area contributed by atoms with Gasteiger partial charge in [0.1, 0.15) is 0 Å². The number of anilines is 1. The molecule has 1 N–H and O–H groups in total. The molecule has 4 heterocycles. The molecule has 10 heteroatoms. The molecule has 31 heavy (non-hydrogen) atoms. The van der Waals surface area contributed by atoms with Crippen molar-refractivity contribution in [2.45, 2.75) is 42.8 Å². The highest BCUT2D eigenvalue weighted by Crippen LogP contribution is 2.35. The van der Waals surface area contributed by atoms with Gasteiger partial charge in [0, 0.05) is 18.4 Å². The zero-order valence-corrected chi connectivity index (χ0v) is 18.6. The molecular weight excluding hydrogens is 436 g/mol. The van der Waals surface area contributed by atoms with Crippen LogP contribution in [0.5, 0.6) is 11.5 Å². The van der Waals surface area contributed by atoms with Crippen molar-refractivity contribution in [2.24, 2.45) is 0 Å². The molecule has 5 rings (SSSR count). The Morgan fingerprint density at radius 3 is 3.03 bits per heavy atom. The predicted molar refractivity (Wildman–Crippen MR) is 119 cm³/mol. The molecule has 2 aliphatic rings. The lowest BCUT2D eigenvalue weighted by Gasteiger charge is -2.16. The van der Waals surface area contributed by atoms with Gasteiger partial charge in [-0.1, -0.05) is 17.8 Å². The van der Waals surface area contributed by atoms with Crippen molar-refractivity contribution in [3.8, 4) is 22.2 Å². The van der Waals surface area contributed by atoms with Gasteiger partial charge in [-0.05, 0) is 43.3 Å². The molecular formula is C21H22N4O4S2. The largest absolute Gasteiger partial charge is 0.454 e. The zero-order valence-electron chi connectivity index (χ0n) is 16.9. The van der Waals surface area contributed by atoms with Gasteiger partial charge in [0.2, 0.25) is 12.7 Å². The normalized spacial score (nSPS) is 18.3. The highest BCUT2D eigenvalue weighted by Gasteiger charge is 2.25. The van der Waals surface area contributed by atoms with Crippen LogP contribution in [0.4, 0.5) is 5.69 Å². The van der Waals surface area contributed by atoms with E-state index in [4.69, 9.17) is 14.2 Å². The molecule has 0 saturated carbocycles. The van der Waals surface area contributed by atoms with E-state index in [9.17, 15) is 4.79 Å². The summed E-state index contributed by atoms with van der Waals surface area (Å²) in [6.45, 7) is 3.53. The highest BCUT2D eigenvalue weighted by molar-refractivity contribution is 8.00. The number of hydrogen-bond donors (Lipinski definition) is 1. The Bertz CT molecular complexity index is 1060. The minimum absolute atomic E-state index is 0.117. The van der Waals surface area contributed by atoms with E-state index in [1.807, 2.05) is 24.4 Å². The quantitative estimate of drug-likeness (QED) is 0.535. The van der Waals surface area contributed by atoms with Crippen molar-refractivity contribution in [1.82, 2.24) is 14.8 Å². The Balaban J connectivity index is 1.31. The third kappa shape index (κ3) is 4.41. The molecule has 0 aliphatic carbocycles. The lowest BCUT2D eigenvalue weighted by atomic mass is 10.2. The number of ether oxygens (including phenoxy) is 3. The van der Waals surface area contributed by atoms with Crippen LogP contribution in [0.1, 0.15) is 19.8 Å². The van der Waals surface area contributed by atoms with Gasteiger partial charge in [0.15, 0.2) is 22.5 Å². The van der Waals surface area contributed by atoms with Gasteiger partial charge >= 0.3 is 0 Å². The van der Waals surface area contributed by atoms with Crippen molar-refractivity contribution in [1.29, 1.82) is 0 Å². The first-order valence-electron chi connectivity index (χ1n) is 10.1. The van der Waals surface area contributed by atoms with Crippen LogP contribution in [0, 0.1) is 0 Å². The summed E-state index contributed by atoms with van der Waals surface area (Å²) in [6.07, 6.45) is 2.23. The van der Waals surface area contributed by atoms with E-state index in [0.29, 0.717) is 28.9 Å². The standard InChI is InChI=1S/C21H22N4O4S2/c1-13(20(26)22-14-6-7-16-17(10-14)29-12-28-16)31-21-24-23-19(18-5-3-9-30-18)25(21)11-15-4-2-8-27-15/h3,5-7,9-10,13,15H,2,4,8,11-12H2,1H3,(H,22,26). The Kier molecular flexibility index (Phi) is 5.84. The average molecular weight is 459 g/mol. The maximum absolute atomic E-state index is 12.8. The van der Waals surface area contributed by atoms with E-state index in [2.05, 4.69) is 20.1 Å². The minimum atomic E-state index is -0.367. The fraction of sp³-hybridized carbons (Fsp3) is 0.381. The molecule has 1 fully saturated rings. The third-order valence-corrected chi connectivity index (χ3v) is 7.11. The second-order valence-electron chi connectivity index (χ2n) is 7.35. The van der Waals surface area contributed by atoms with Crippen LogP contribution >= 0.6 is 23.1 Å². The fourth-order valence-corrected chi connectivity index (χ4v) is 5.13. The van der Waals surface area contributed by atoms with Crippen molar-refractivity contribution in [3.63, 3.8) is 0 Å². The van der Waals surface area contributed by atoms with Crippen LogP contribution in [0.25, 0.3) is 10.7 Å². The molecule has 2 unspecified atom stereocenters. The smallest absolute Gasteiger partial charge is 0.237 e. The highest BCUT2D eigenvalue weighted by atomic mass is 32.2. The summed E-state index contributed by atoms with van der Waals surface area (Å²) in [5.74, 6) is 2.02. The summed E-state index contributed by atoms with van der Waals surface area (Å²) in [7, 11) is 0. The molecule has 162 valence electrons. The van der Waals surface area contributed by atoms with Crippen LogP contribution in [-0.4, -0.2) is 45.4 Å². The SMILES string of the molecule is CC(Sc1nnc(-c2cccs2)n1CC1CCCO1)C(=O)Nc1ccc2c(c1)OCO2. The van der Waals surface area contributed by atoms with Crippen LogP contribution in [-0.2, 0) is 16.1 Å². The number of benzene rings is 1. The number of thiophene rings is 1. The van der Waals surface area contributed by atoms with E-state index < -0.39 is 0 Å². The number of carbonyl (C=O) groups excluding carboxylic acids is 1. The van der Waals surface area contributed by atoms with Crippen LogP contribution in [0.2, 0.25) is 0 Å². The summed E-state index contributed by atoms with van der Waals surface area (Å²) in [6, 6.07) is 9.40. The number of nitrogens with zero attached hydrogens (tertiary/aromatic N) is 3. The number of amides is 1. The van der Waals surface area contributed by atoms with E-state index in [0.717, 1.165) is 30.2 Å². The number of aromatic nitrogens is 3. The zero-order chi connectivity index (χ0) is 21.2. The van der Waals surface area contributed by atoms with Crippen LogP contribution in [0.15, 0.2) is 40.9 Å². The number of hydrogen-bond acceptors (Lipinski definition) is 8. The minimum Gasteiger partial charge on any atom is -0.454 e. The van der Waals surface area contributed by atoms with Gasteiger partial charge in [-0.2, -0.15) is 0 Å². The molecule has 0 bridgehead atoms. The molecule has 3 aromatic rings. The summed E-state index contributed by atoms with van der Waals surface area (Å²) >= 11 is 3.02. The summed E-state index contributed by atoms with van der Waals surface area (Å²) in [4.78, 5) is 13.9. The molecule has 0 radical (unpaired) electrons. The predicted octanol–water partition coefficient (Wildman–Crippen LogP) is 4.03. The first-order valence-corrected chi connectivity index (χ1v) is 11.9. The fourth-order valence-electron chi connectivity index (χ4n) is 3.55. The van der Waals surface area contributed by atoms with Crippen molar-refractivity contribution in [3.05, 3.63) is 35.7 Å². The van der Waals surface area contributed by atoms with Gasteiger partial charge < -0.3 is 19.5 Å². The Labute approximate surface area is 187 Å². The monoisotopic (exact) mass is 458 g/mol. The Hall–Kier alpha value is -2.56. The summed E-state index contributed by atoms with van der Waals surface area (Å²) < 4.78 is 18.6. The maximum atomic E-state index is 12.8. The summed E-state index contributed by atoms with van der Waals surface area (Å²) in [5.41, 5.74) is 0.668. The second kappa shape index (κ2) is 8.89. The Morgan fingerprint density at radius 1 is 1.32 bits per heavy atom. The van der Waals surface area contributed by atoms with E-state index in [1.165, 1.54) is 11.8 Å². The molecule has 1 aromatic carbocycles. The lowest BCUT2D eigenvalue weighted by molar-refractivity contribution is -0.115. The van der Waals surface area contributed by atoms with Crippen LogP contribution < -0.4 is 14.8 Å². The third-order valence-electron chi connectivity index (χ3n) is 5.16. The van der Waals surface area contributed by atoms with Crippen molar-refractivity contribution in [2.75, 3.05) is 18.7 Å². The number of rotatable bonds is 7. The molecule has 1 amide bonds. The molecule has 8 nitrogen and oxygen atoms in total. The van der Waals surface area contributed by atoms with Gasteiger partial charge in [-0.15, -0.1) is 21.5 Å². The number of carbonyl (C=O) groups is 1. The van der Waals surface area contributed by atoms with Crippen LogP contribution in [0.3, 0.4) is 0 Å². The van der Waals surface area contributed by atoms with Gasteiger partial charge in [0.05, 0.1) is 22.8 Å². The molecule has 1 saturated heterocycles. The van der Waals surface area contributed by atoms with E-state index in [1.54, 1.807) is 29.5 Å². The van der Waals surface area contributed by atoms with Gasteiger partial charge in [-0.3, -0.25) is 9.36 Å². The topological polar surface area (TPSA) is 87.5 Å². The molecule has 0 spiro atoms. The van der Waals surface area contributed by atoms with Crippen molar-refractivity contribution < 1.29 is 19.0 Å². The van der Waals surface area contributed by atoms with Gasteiger partial charge in [-0.25, -0.2) is 0 Å². The lowest BCUT2D eigenvalue weighted by Crippen LogP contribution is -2.23. The number of fused-ring (bicyclic) bond motifs is 1. The van der Waals surface area contributed by atoms with E-state index in [-0.39, 0.29) is 24.1 Å². The number of thioether (sulfide) groups is 1. The van der Waals surface area contributed by atoms with Gasteiger partial charge in [0.25, 0.3) is 0 Å².